The number of nitrogens with zero attached hydrogens (tertiary/aromatic N) is 2. The van der Waals surface area contributed by atoms with E-state index < -0.39 is 17.7 Å². The van der Waals surface area contributed by atoms with Crippen molar-refractivity contribution in [2.45, 2.75) is 32.1 Å². The van der Waals surface area contributed by atoms with Crippen molar-refractivity contribution in [1.29, 1.82) is 0 Å². The highest BCUT2D eigenvalue weighted by atomic mass is 127. The molecule has 1 aliphatic heterocycles. The Kier molecular flexibility index (Phi) is 11.1. The Morgan fingerprint density at radius 2 is 2.03 bits per heavy atom. The lowest BCUT2D eigenvalue weighted by atomic mass is 10.2. The Morgan fingerprint density at radius 1 is 1.25 bits per heavy atom. The predicted octanol–water partition coefficient (Wildman–Crippen LogP) is 3.29. The fourth-order valence-corrected chi connectivity index (χ4v) is 3.48. The number of nitrogens with one attached hydrogen (secondary N) is 2. The molecule has 1 fully saturated rings. The first-order valence-corrected chi connectivity index (χ1v) is 10.6. The van der Waals surface area contributed by atoms with Gasteiger partial charge in [-0.05, 0) is 31.0 Å². The summed E-state index contributed by atoms with van der Waals surface area (Å²) in [4.78, 5) is 6.34. The molecule has 2 aromatic rings. The highest BCUT2D eigenvalue weighted by molar-refractivity contribution is 14.0. The fraction of sp³-hybridized carbons (Fsp3) is 0.435. The smallest absolute Gasteiger partial charge is 0.191 e. The maximum Gasteiger partial charge on any atom is 0.191 e. The van der Waals surface area contributed by atoms with Crippen LogP contribution in [0.1, 0.15) is 18.9 Å². The van der Waals surface area contributed by atoms with E-state index in [0.29, 0.717) is 37.9 Å². The van der Waals surface area contributed by atoms with Gasteiger partial charge < -0.3 is 25.4 Å². The highest BCUT2D eigenvalue weighted by Gasteiger charge is 2.25. The van der Waals surface area contributed by atoms with Crippen LogP contribution in [0.4, 0.5) is 14.5 Å². The van der Waals surface area contributed by atoms with Gasteiger partial charge in [-0.15, -0.1) is 24.0 Å². The van der Waals surface area contributed by atoms with E-state index in [1.807, 2.05) is 42.2 Å². The zero-order valence-electron chi connectivity index (χ0n) is 18.1. The van der Waals surface area contributed by atoms with E-state index in [0.717, 1.165) is 18.1 Å². The van der Waals surface area contributed by atoms with Crippen molar-refractivity contribution in [2.24, 2.45) is 4.99 Å². The summed E-state index contributed by atoms with van der Waals surface area (Å²) in [7, 11) is 0. The quantitative estimate of drug-likeness (QED) is 0.250. The standard InChI is InChI=1S/C23H30F2N4O2.HI/c1-2-26-23(27-13-20(30)16-31-15-17-6-4-3-5-7-17)28-19-10-11-29(14-19)22-9-8-18(24)12-21(22)25;/h3-9,12,19-20,30H,2,10-11,13-16H2,1H3,(H2,26,27,28);1H. The molecule has 2 aromatic carbocycles. The van der Waals surface area contributed by atoms with E-state index in [9.17, 15) is 13.9 Å². The van der Waals surface area contributed by atoms with E-state index in [-0.39, 0.29) is 43.2 Å². The van der Waals surface area contributed by atoms with Crippen LogP contribution in [0.5, 0.6) is 0 Å². The van der Waals surface area contributed by atoms with Gasteiger partial charge in [-0.1, -0.05) is 30.3 Å². The summed E-state index contributed by atoms with van der Waals surface area (Å²) in [6, 6.07) is 13.5. The number of aliphatic hydroxyl groups is 1. The lowest BCUT2D eigenvalue weighted by Gasteiger charge is -2.21. The molecule has 1 heterocycles. The first kappa shape index (κ1) is 26.3. The summed E-state index contributed by atoms with van der Waals surface area (Å²) in [5, 5.41) is 16.7. The lowest BCUT2D eigenvalue weighted by Crippen LogP contribution is -2.45. The molecule has 32 heavy (non-hydrogen) atoms. The van der Waals surface area contributed by atoms with Gasteiger partial charge in [0, 0.05) is 31.7 Å². The number of hydrogen-bond acceptors (Lipinski definition) is 4. The maximum atomic E-state index is 14.1. The van der Waals surface area contributed by atoms with Crippen molar-refractivity contribution in [3.8, 4) is 0 Å². The average molecular weight is 560 g/mol. The molecule has 0 bridgehead atoms. The molecule has 3 N–H and O–H groups in total. The molecule has 9 heteroatoms. The van der Waals surface area contributed by atoms with Crippen LogP contribution in [0, 0.1) is 11.6 Å². The Balaban J connectivity index is 0.00000363. The molecule has 0 aliphatic carbocycles. The minimum atomic E-state index is -0.715. The molecule has 1 saturated heterocycles. The lowest BCUT2D eigenvalue weighted by molar-refractivity contribution is 0.0331. The summed E-state index contributed by atoms with van der Waals surface area (Å²) >= 11 is 0. The zero-order chi connectivity index (χ0) is 22.1. The Hall–Kier alpha value is -1.98. The zero-order valence-corrected chi connectivity index (χ0v) is 20.5. The van der Waals surface area contributed by atoms with Gasteiger partial charge in [-0.3, -0.25) is 4.99 Å². The molecule has 0 radical (unpaired) electrons. The van der Waals surface area contributed by atoms with Gasteiger partial charge in [0.2, 0.25) is 0 Å². The van der Waals surface area contributed by atoms with Crippen molar-refractivity contribution in [3.05, 3.63) is 65.7 Å². The van der Waals surface area contributed by atoms with E-state index in [1.165, 1.54) is 12.1 Å². The number of benzene rings is 2. The SMILES string of the molecule is CCNC(=NCC(O)COCc1ccccc1)NC1CCN(c2ccc(F)cc2F)C1.I. The van der Waals surface area contributed by atoms with Crippen molar-refractivity contribution < 1.29 is 18.6 Å². The van der Waals surface area contributed by atoms with Gasteiger partial charge in [0.1, 0.15) is 11.6 Å². The van der Waals surface area contributed by atoms with Crippen molar-refractivity contribution in [3.63, 3.8) is 0 Å². The van der Waals surface area contributed by atoms with Gasteiger partial charge in [0.05, 0.1) is 31.5 Å². The molecule has 2 unspecified atom stereocenters. The third-order valence-electron chi connectivity index (χ3n) is 5.01. The molecule has 0 spiro atoms. The molecule has 3 rings (SSSR count). The van der Waals surface area contributed by atoms with E-state index in [2.05, 4.69) is 15.6 Å². The summed E-state index contributed by atoms with van der Waals surface area (Å²) in [6.45, 7) is 4.72. The highest BCUT2D eigenvalue weighted by Crippen LogP contribution is 2.24. The van der Waals surface area contributed by atoms with Crippen LogP contribution in [0.25, 0.3) is 0 Å². The minimum Gasteiger partial charge on any atom is -0.389 e. The first-order valence-electron chi connectivity index (χ1n) is 10.6. The summed E-state index contributed by atoms with van der Waals surface area (Å²) in [5.74, 6) is -0.543. The number of hydrogen-bond donors (Lipinski definition) is 3. The van der Waals surface area contributed by atoms with E-state index in [4.69, 9.17) is 4.74 Å². The van der Waals surface area contributed by atoms with Crippen LogP contribution in [-0.4, -0.2) is 56.0 Å². The van der Waals surface area contributed by atoms with Gasteiger partial charge in [-0.2, -0.15) is 0 Å². The number of aliphatic hydroxyl groups excluding tert-OH is 1. The number of halogens is 3. The number of anilines is 1. The average Bonchev–Trinajstić information content (AvgIpc) is 3.21. The molecule has 1 aliphatic rings. The Morgan fingerprint density at radius 3 is 2.75 bits per heavy atom. The maximum absolute atomic E-state index is 14.1. The van der Waals surface area contributed by atoms with Crippen LogP contribution in [0.3, 0.4) is 0 Å². The van der Waals surface area contributed by atoms with Crippen LogP contribution < -0.4 is 15.5 Å². The third kappa shape index (κ3) is 8.18. The van der Waals surface area contributed by atoms with Gasteiger partial charge in [-0.25, -0.2) is 8.78 Å². The van der Waals surface area contributed by atoms with Crippen molar-refractivity contribution in [1.82, 2.24) is 10.6 Å². The van der Waals surface area contributed by atoms with Gasteiger partial charge in [0.25, 0.3) is 0 Å². The first-order chi connectivity index (χ1) is 15.0. The largest absolute Gasteiger partial charge is 0.389 e. The number of ether oxygens (including phenoxy) is 1. The molecule has 0 amide bonds. The second-order valence-electron chi connectivity index (χ2n) is 7.55. The topological polar surface area (TPSA) is 69.1 Å². The summed E-state index contributed by atoms with van der Waals surface area (Å²) in [6.07, 6.45) is 0.0804. The second-order valence-corrected chi connectivity index (χ2v) is 7.55. The van der Waals surface area contributed by atoms with Crippen LogP contribution in [0.2, 0.25) is 0 Å². The predicted molar refractivity (Wildman–Crippen MR) is 134 cm³/mol. The summed E-state index contributed by atoms with van der Waals surface area (Å²) in [5.41, 5.74) is 1.45. The van der Waals surface area contributed by atoms with Crippen molar-refractivity contribution >= 4 is 35.6 Å². The Bertz CT molecular complexity index is 857. The number of rotatable bonds is 9. The molecular formula is C23H31F2IN4O2. The van der Waals surface area contributed by atoms with Crippen LogP contribution in [-0.2, 0) is 11.3 Å². The molecule has 2 atom stereocenters. The van der Waals surface area contributed by atoms with E-state index >= 15 is 0 Å². The monoisotopic (exact) mass is 560 g/mol. The third-order valence-corrected chi connectivity index (χ3v) is 5.01. The minimum absolute atomic E-state index is 0. The summed E-state index contributed by atoms with van der Waals surface area (Å²) < 4.78 is 32.8. The van der Waals surface area contributed by atoms with Gasteiger partial charge in [0.15, 0.2) is 5.96 Å². The fourth-order valence-electron chi connectivity index (χ4n) is 3.48. The normalized spacial score (nSPS) is 17.1. The van der Waals surface area contributed by atoms with Crippen LogP contribution >= 0.6 is 24.0 Å². The van der Waals surface area contributed by atoms with E-state index in [1.54, 1.807) is 0 Å². The van der Waals surface area contributed by atoms with Crippen molar-refractivity contribution in [2.75, 3.05) is 37.7 Å². The number of aliphatic imine (C=N–C) groups is 1. The molecule has 0 aromatic heterocycles. The van der Waals surface area contributed by atoms with Gasteiger partial charge >= 0.3 is 0 Å². The molecular weight excluding hydrogens is 529 g/mol. The number of guanidine groups is 1. The molecule has 0 saturated carbocycles. The molecule has 176 valence electrons. The Labute approximate surface area is 205 Å². The molecule has 6 nitrogen and oxygen atoms in total. The second kappa shape index (κ2) is 13.5. The van der Waals surface area contributed by atoms with Crippen LogP contribution in [0.15, 0.2) is 53.5 Å².